The first-order valence-electron chi connectivity index (χ1n) is 8.66. The Hall–Kier alpha value is -2.89. The van der Waals surface area contributed by atoms with Crippen LogP contribution in [0.1, 0.15) is 12.5 Å². The predicted octanol–water partition coefficient (Wildman–Crippen LogP) is 2.68. The minimum atomic E-state index is -0.311. The van der Waals surface area contributed by atoms with E-state index in [1.54, 1.807) is 19.1 Å². The molecule has 0 atom stereocenters. The van der Waals surface area contributed by atoms with Gasteiger partial charge in [-0.2, -0.15) is 0 Å². The lowest BCUT2D eigenvalue weighted by molar-refractivity contribution is -0.129. The van der Waals surface area contributed by atoms with Crippen LogP contribution in [0.5, 0.6) is 0 Å². The van der Waals surface area contributed by atoms with Gasteiger partial charge in [0.2, 0.25) is 11.8 Å². The van der Waals surface area contributed by atoms with Gasteiger partial charge in [-0.25, -0.2) is 4.39 Å². The van der Waals surface area contributed by atoms with Gasteiger partial charge in [-0.15, -0.1) is 0 Å². The monoisotopic (exact) mass is 355 g/mol. The summed E-state index contributed by atoms with van der Waals surface area (Å²) in [5.74, 6) is -0.336. The second kappa shape index (κ2) is 7.99. The van der Waals surface area contributed by atoms with Crippen LogP contribution >= 0.6 is 0 Å². The summed E-state index contributed by atoms with van der Waals surface area (Å²) in [6.45, 7) is 4.65. The summed E-state index contributed by atoms with van der Waals surface area (Å²) in [6, 6.07) is 13.6. The Morgan fingerprint density at radius 2 is 1.58 bits per heavy atom. The number of anilines is 2. The van der Waals surface area contributed by atoms with Crippen LogP contribution in [-0.4, -0.2) is 42.9 Å². The Bertz CT molecular complexity index is 767. The molecule has 1 saturated heterocycles. The largest absolute Gasteiger partial charge is 0.368 e. The number of rotatable bonds is 4. The second-order valence-electron chi connectivity index (χ2n) is 6.39. The molecule has 3 rings (SSSR count). The standard InChI is InChI=1S/C20H22FN3O2/c1-15(25)23-10-12-24(13-11-23)19-8-6-18(7-9-19)22-20(26)14-16-2-4-17(21)5-3-16/h2-9H,10-14H2,1H3,(H,22,26). The van der Waals surface area contributed by atoms with Gasteiger partial charge in [0.05, 0.1) is 6.42 Å². The predicted molar refractivity (Wildman–Crippen MR) is 99.6 cm³/mol. The number of carbonyl (C=O) groups excluding carboxylic acids is 2. The van der Waals surface area contributed by atoms with Gasteiger partial charge < -0.3 is 15.1 Å². The molecule has 136 valence electrons. The molecule has 2 aromatic rings. The summed E-state index contributed by atoms with van der Waals surface area (Å²) < 4.78 is 12.9. The Morgan fingerprint density at radius 1 is 0.962 bits per heavy atom. The third-order valence-corrected chi connectivity index (χ3v) is 4.52. The zero-order chi connectivity index (χ0) is 18.5. The lowest BCUT2D eigenvalue weighted by Gasteiger charge is -2.35. The van der Waals surface area contributed by atoms with Crippen molar-refractivity contribution < 1.29 is 14.0 Å². The molecule has 0 saturated carbocycles. The van der Waals surface area contributed by atoms with Gasteiger partial charge in [0.15, 0.2) is 0 Å². The molecule has 0 bridgehead atoms. The minimum Gasteiger partial charge on any atom is -0.368 e. The molecule has 1 aliphatic heterocycles. The summed E-state index contributed by atoms with van der Waals surface area (Å²) in [7, 11) is 0. The van der Waals surface area contributed by atoms with E-state index in [2.05, 4.69) is 10.2 Å². The quantitative estimate of drug-likeness (QED) is 0.917. The van der Waals surface area contributed by atoms with Gasteiger partial charge in [0, 0.05) is 44.5 Å². The SMILES string of the molecule is CC(=O)N1CCN(c2ccc(NC(=O)Cc3ccc(F)cc3)cc2)CC1. The molecule has 5 nitrogen and oxygen atoms in total. The number of hydrogen-bond donors (Lipinski definition) is 1. The van der Waals surface area contributed by atoms with Gasteiger partial charge >= 0.3 is 0 Å². The van der Waals surface area contributed by atoms with Crippen molar-refractivity contribution in [3.8, 4) is 0 Å². The lowest BCUT2D eigenvalue weighted by Crippen LogP contribution is -2.48. The van der Waals surface area contributed by atoms with E-state index in [0.717, 1.165) is 43.1 Å². The van der Waals surface area contributed by atoms with Crippen LogP contribution in [0.3, 0.4) is 0 Å². The molecule has 0 aromatic heterocycles. The van der Waals surface area contributed by atoms with Crippen LogP contribution in [-0.2, 0) is 16.0 Å². The normalized spacial score (nSPS) is 14.2. The van der Waals surface area contributed by atoms with Crippen LogP contribution in [0.4, 0.5) is 15.8 Å². The zero-order valence-corrected chi connectivity index (χ0v) is 14.7. The smallest absolute Gasteiger partial charge is 0.228 e. The Morgan fingerprint density at radius 3 is 2.15 bits per heavy atom. The first-order chi connectivity index (χ1) is 12.5. The number of nitrogens with one attached hydrogen (secondary N) is 1. The van der Waals surface area contributed by atoms with Crippen LogP contribution in [0.15, 0.2) is 48.5 Å². The highest BCUT2D eigenvalue weighted by molar-refractivity contribution is 5.92. The highest BCUT2D eigenvalue weighted by Gasteiger charge is 2.18. The molecule has 1 aliphatic rings. The van der Waals surface area contributed by atoms with Crippen molar-refractivity contribution in [2.45, 2.75) is 13.3 Å². The molecule has 0 unspecified atom stereocenters. The van der Waals surface area contributed by atoms with Crippen LogP contribution in [0.2, 0.25) is 0 Å². The van der Waals surface area contributed by atoms with E-state index in [9.17, 15) is 14.0 Å². The summed E-state index contributed by atoms with van der Waals surface area (Å²) in [4.78, 5) is 27.6. The van der Waals surface area contributed by atoms with E-state index >= 15 is 0 Å². The van der Waals surface area contributed by atoms with Crippen molar-refractivity contribution in [2.75, 3.05) is 36.4 Å². The number of amides is 2. The van der Waals surface area contributed by atoms with Crippen molar-refractivity contribution in [2.24, 2.45) is 0 Å². The minimum absolute atomic E-state index is 0.115. The molecule has 2 amide bonds. The summed E-state index contributed by atoms with van der Waals surface area (Å²) in [5, 5.41) is 2.85. The number of nitrogens with zero attached hydrogens (tertiary/aromatic N) is 2. The number of halogens is 1. The maximum atomic E-state index is 12.9. The maximum Gasteiger partial charge on any atom is 0.228 e. The van der Waals surface area contributed by atoms with Crippen molar-refractivity contribution in [1.29, 1.82) is 0 Å². The molecule has 26 heavy (non-hydrogen) atoms. The first-order valence-corrected chi connectivity index (χ1v) is 8.66. The molecule has 0 spiro atoms. The molecule has 0 radical (unpaired) electrons. The van der Waals surface area contributed by atoms with Gasteiger partial charge in [-0.05, 0) is 42.0 Å². The Labute approximate surface area is 152 Å². The molecule has 1 N–H and O–H groups in total. The fraction of sp³-hybridized carbons (Fsp3) is 0.300. The number of benzene rings is 2. The lowest BCUT2D eigenvalue weighted by atomic mass is 10.1. The third-order valence-electron chi connectivity index (χ3n) is 4.52. The summed E-state index contributed by atoms with van der Waals surface area (Å²) >= 11 is 0. The van der Waals surface area contributed by atoms with E-state index in [4.69, 9.17) is 0 Å². The van der Waals surface area contributed by atoms with E-state index in [0.29, 0.717) is 0 Å². The topological polar surface area (TPSA) is 52.7 Å². The molecular weight excluding hydrogens is 333 g/mol. The van der Waals surface area contributed by atoms with Gasteiger partial charge in [0.1, 0.15) is 5.82 Å². The van der Waals surface area contributed by atoms with E-state index in [1.807, 2.05) is 29.2 Å². The van der Waals surface area contributed by atoms with Crippen molar-refractivity contribution in [3.63, 3.8) is 0 Å². The van der Waals surface area contributed by atoms with Crippen LogP contribution in [0, 0.1) is 5.82 Å². The first kappa shape index (κ1) is 17.9. The number of carbonyl (C=O) groups is 2. The van der Waals surface area contributed by atoms with E-state index < -0.39 is 0 Å². The van der Waals surface area contributed by atoms with E-state index in [1.165, 1.54) is 12.1 Å². The van der Waals surface area contributed by atoms with Crippen LogP contribution < -0.4 is 10.2 Å². The Kier molecular flexibility index (Phi) is 5.51. The maximum absolute atomic E-state index is 12.9. The molecule has 6 heteroatoms. The van der Waals surface area contributed by atoms with Gasteiger partial charge in [0.25, 0.3) is 0 Å². The number of hydrogen-bond acceptors (Lipinski definition) is 3. The highest BCUT2D eigenvalue weighted by Crippen LogP contribution is 2.20. The fourth-order valence-electron chi connectivity index (χ4n) is 3.03. The average molecular weight is 355 g/mol. The molecule has 1 fully saturated rings. The molecule has 2 aromatic carbocycles. The number of piperazine rings is 1. The summed E-state index contributed by atoms with van der Waals surface area (Å²) in [5.41, 5.74) is 2.57. The van der Waals surface area contributed by atoms with Crippen molar-refractivity contribution in [3.05, 3.63) is 59.9 Å². The van der Waals surface area contributed by atoms with Gasteiger partial charge in [-0.3, -0.25) is 9.59 Å². The zero-order valence-electron chi connectivity index (χ0n) is 14.7. The van der Waals surface area contributed by atoms with E-state index in [-0.39, 0.29) is 24.1 Å². The van der Waals surface area contributed by atoms with Crippen molar-refractivity contribution >= 4 is 23.2 Å². The van der Waals surface area contributed by atoms with Crippen LogP contribution in [0.25, 0.3) is 0 Å². The molecule has 0 aliphatic carbocycles. The Balaban J connectivity index is 1.53. The average Bonchev–Trinajstić information content (AvgIpc) is 2.64. The van der Waals surface area contributed by atoms with Crippen molar-refractivity contribution in [1.82, 2.24) is 4.90 Å². The fourth-order valence-corrected chi connectivity index (χ4v) is 3.03. The van der Waals surface area contributed by atoms with Gasteiger partial charge in [-0.1, -0.05) is 12.1 Å². The molecule has 1 heterocycles. The second-order valence-corrected chi connectivity index (χ2v) is 6.39. The third kappa shape index (κ3) is 4.59. The summed E-state index contributed by atoms with van der Waals surface area (Å²) in [6.07, 6.45) is 0.203. The highest BCUT2D eigenvalue weighted by atomic mass is 19.1. The molecular formula is C20H22FN3O2.